The minimum atomic E-state index is 0.376. The Morgan fingerprint density at radius 3 is 2.67 bits per heavy atom. The lowest BCUT2D eigenvalue weighted by Gasteiger charge is -1.98. The number of anilines is 1. The molecule has 0 radical (unpaired) electrons. The summed E-state index contributed by atoms with van der Waals surface area (Å²) in [5, 5.41) is 0. The second-order valence-electron chi connectivity index (χ2n) is 3.02. The van der Waals surface area contributed by atoms with Gasteiger partial charge in [-0.2, -0.15) is 0 Å². The Hall–Kier alpha value is -1.66. The van der Waals surface area contributed by atoms with Crippen molar-refractivity contribution in [3.05, 3.63) is 40.6 Å². The van der Waals surface area contributed by atoms with Crippen LogP contribution in [0.25, 0.3) is 11.3 Å². The van der Waals surface area contributed by atoms with Crippen LogP contribution in [0.3, 0.4) is 0 Å². The molecule has 0 atom stereocenters. The van der Waals surface area contributed by atoms with Crippen LogP contribution in [0, 0.1) is 12.3 Å². The zero-order valence-corrected chi connectivity index (χ0v) is 9.41. The average Bonchev–Trinajstić information content (AvgIpc) is 2.60. The lowest BCUT2D eigenvalue weighted by Crippen LogP contribution is -1.82. The third-order valence-corrected chi connectivity index (χ3v) is 2.72. The maximum atomic E-state index is 5.69. The molecule has 3 heteroatoms. The number of terminal acetylenes is 1. The van der Waals surface area contributed by atoms with Crippen molar-refractivity contribution in [3.8, 4) is 23.7 Å². The highest BCUT2D eigenvalue weighted by atomic mass is 79.9. The number of nitrogens with two attached hydrogens (primary N) is 1. The van der Waals surface area contributed by atoms with Crippen LogP contribution in [0.5, 0.6) is 0 Å². The number of nitrogen functional groups attached to an aromatic ring is 1. The molecule has 0 bridgehead atoms. The standard InChI is InChI=1S/C12H8BrNO/c1-2-11-10(14)7-12(15-11)8-5-3-4-6-9(8)13/h1,3-7H,14H2. The zero-order valence-electron chi connectivity index (χ0n) is 7.83. The fourth-order valence-corrected chi connectivity index (χ4v) is 1.79. The number of furan rings is 1. The van der Waals surface area contributed by atoms with Crippen LogP contribution >= 0.6 is 15.9 Å². The molecular weight excluding hydrogens is 254 g/mol. The molecule has 0 aliphatic carbocycles. The van der Waals surface area contributed by atoms with Crippen LogP contribution in [0.15, 0.2) is 39.2 Å². The van der Waals surface area contributed by atoms with Gasteiger partial charge in [0.05, 0.1) is 5.69 Å². The highest BCUT2D eigenvalue weighted by molar-refractivity contribution is 9.10. The first-order valence-corrected chi connectivity index (χ1v) is 5.12. The Morgan fingerprint density at radius 1 is 1.33 bits per heavy atom. The highest BCUT2D eigenvalue weighted by Crippen LogP contribution is 2.31. The molecular formula is C12H8BrNO. The van der Waals surface area contributed by atoms with Crippen LogP contribution in [0.1, 0.15) is 5.76 Å². The second-order valence-corrected chi connectivity index (χ2v) is 3.87. The van der Waals surface area contributed by atoms with Crippen LogP contribution in [-0.4, -0.2) is 0 Å². The van der Waals surface area contributed by atoms with Crippen molar-refractivity contribution in [1.82, 2.24) is 0 Å². The van der Waals surface area contributed by atoms with Gasteiger partial charge in [-0.05, 0) is 12.0 Å². The average molecular weight is 262 g/mol. The number of benzene rings is 1. The summed E-state index contributed by atoms with van der Waals surface area (Å²) in [4.78, 5) is 0. The molecule has 0 amide bonds. The van der Waals surface area contributed by atoms with Gasteiger partial charge in [-0.1, -0.05) is 34.1 Å². The Kier molecular flexibility index (Phi) is 2.53. The van der Waals surface area contributed by atoms with Crippen LogP contribution in [0.4, 0.5) is 5.69 Å². The third kappa shape index (κ3) is 1.77. The van der Waals surface area contributed by atoms with Crippen molar-refractivity contribution in [2.75, 3.05) is 5.73 Å². The van der Waals surface area contributed by atoms with Crippen molar-refractivity contribution in [2.24, 2.45) is 0 Å². The van der Waals surface area contributed by atoms with E-state index in [-0.39, 0.29) is 0 Å². The summed E-state index contributed by atoms with van der Waals surface area (Å²) >= 11 is 3.44. The molecule has 74 valence electrons. The van der Waals surface area contributed by atoms with Crippen molar-refractivity contribution >= 4 is 21.6 Å². The van der Waals surface area contributed by atoms with Gasteiger partial charge in [0.2, 0.25) is 0 Å². The van der Waals surface area contributed by atoms with Crippen molar-refractivity contribution in [3.63, 3.8) is 0 Å². The van der Waals surface area contributed by atoms with Crippen molar-refractivity contribution < 1.29 is 4.42 Å². The smallest absolute Gasteiger partial charge is 0.200 e. The summed E-state index contributed by atoms with van der Waals surface area (Å²) in [5.74, 6) is 3.45. The molecule has 1 heterocycles. The summed E-state index contributed by atoms with van der Waals surface area (Å²) in [6.07, 6.45) is 5.24. The van der Waals surface area contributed by atoms with Gasteiger partial charge in [-0.15, -0.1) is 6.42 Å². The zero-order chi connectivity index (χ0) is 10.8. The van der Waals surface area contributed by atoms with Crippen molar-refractivity contribution in [2.45, 2.75) is 0 Å². The van der Waals surface area contributed by atoms with Gasteiger partial charge in [0.15, 0.2) is 5.76 Å². The summed E-state index contributed by atoms with van der Waals surface area (Å²) in [6, 6.07) is 9.46. The first-order chi connectivity index (χ1) is 7.22. The van der Waals surface area contributed by atoms with E-state index in [1.54, 1.807) is 6.07 Å². The molecule has 2 rings (SSSR count). The van der Waals surface area contributed by atoms with E-state index >= 15 is 0 Å². The molecule has 15 heavy (non-hydrogen) atoms. The number of halogens is 1. The normalized spacial score (nSPS) is 9.87. The minimum Gasteiger partial charge on any atom is -0.445 e. The summed E-state index contributed by atoms with van der Waals surface area (Å²) < 4.78 is 6.39. The predicted molar refractivity (Wildman–Crippen MR) is 64.2 cm³/mol. The highest BCUT2D eigenvalue weighted by Gasteiger charge is 2.10. The molecule has 2 N–H and O–H groups in total. The second kappa shape index (κ2) is 3.84. The first-order valence-electron chi connectivity index (χ1n) is 4.33. The van der Waals surface area contributed by atoms with Crippen LogP contribution in [-0.2, 0) is 0 Å². The van der Waals surface area contributed by atoms with Crippen LogP contribution in [0.2, 0.25) is 0 Å². The van der Waals surface area contributed by atoms with E-state index in [4.69, 9.17) is 16.6 Å². The maximum absolute atomic E-state index is 5.69. The lowest BCUT2D eigenvalue weighted by molar-refractivity contribution is 0.570. The number of hydrogen-bond acceptors (Lipinski definition) is 2. The molecule has 0 fully saturated rings. The molecule has 0 unspecified atom stereocenters. The third-order valence-electron chi connectivity index (χ3n) is 2.03. The van der Waals surface area contributed by atoms with E-state index in [1.165, 1.54) is 0 Å². The fourth-order valence-electron chi connectivity index (χ4n) is 1.31. The molecule has 2 nitrogen and oxygen atoms in total. The molecule has 0 spiro atoms. The van der Waals surface area contributed by atoms with Gasteiger partial charge >= 0.3 is 0 Å². The number of hydrogen-bond donors (Lipinski definition) is 1. The molecule has 2 aromatic rings. The Morgan fingerprint density at radius 2 is 2.07 bits per heavy atom. The lowest BCUT2D eigenvalue weighted by atomic mass is 10.2. The molecule has 0 aliphatic rings. The van der Waals surface area contributed by atoms with Gasteiger partial charge in [0.25, 0.3) is 0 Å². The van der Waals surface area contributed by atoms with Gasteiger partial charge < -0.3 is 10.2 Å². The van der Waals surface area contributed by atoms with Crippen LogP contribution < -0.4 is 5.73 Å². The van der Waals surface area contributed by atoms with E-state index in [0.717, 1.165) is 10.0 Å². The molecule has 0 aliphatic heterocycles. The minimum absolute atomic E-state index is 0.376. The van der Waals surface area contributed by atoms with Gasteiger partial charge in [0.1, 0.15) is 5.76 Å². The number of rotatable bonds is 1. The summed E-state index contributed by atoms with van der Waals surface area (Å²) in [5.41, 5.74) is 7.11. The van der Waals surface area contributed by atoms with Gasteiger partial charge in [0, 0.05) is 16.1 Å². The topological polar surface area (TPSA) is 39.2 Å². The molecule has 1 aromatic heterocycles. The van der Waals surface area contributed by atoms with E-state index in [9.17, 15) is 0 Å². The fraction of sp³-hybridized carbons (Fsp3) is 0. The largest absolute Gasteiger partial charge is 0.445 e. The van der Waals surface area contributed by atoms with E-state index in [1.807, 2.05) is 24.3 Å². The summed E-state index contributed by atoms with van der Waals surface area (Å²) in [7, 11) is 0. The molecule has 0 saturated heterocycles. The Labute approximate surface area is 96.2 Å². The Balaban J connectivity index is 2.56. The monoisotopic (exact) mass is 261 g/mol. The maximum Gasteiger partial charge on any atom is 0.200 e. The van der Waals surface area contributed by atoms with E-state index < -0.39 is 0 Å². The van der Waals surface area contributed by atoms with E-state index in [0.29, 0.717) is 17.2 Å². The van der Waals surface area contributed by atoms with Crippen molar-refractivity contribution in [1.29, 1.82) is 0 Å². The molecule has 0 saturated carbocycles. The van der Waals surface area contributed by atoms with E-state index in [2.05, 4.69) is 21.9 Å². The SMILES string of the molecule is C#Cc1oc(-c2ccccc2Br)cc1N. The van der Waals surface area contributed by atoms with Gasteiger partial charge in [-0.25, -0.2) is 0 Å². The molecule has 1 aromatic carbocycles. The van der Waals surface area contributed by atoms with Gasteiger partial charge in [-0.3, -0.25) is 0 Å². The Bertz CT molecular complexity index is 537. The first kappa shape index (κ1) is 9.88. The quantitative estimate of drug-likeness (QED) is 0.801. The predicted octanol–water partition coefficient (Wildman–Crippen LogP) is 3.27. The summed E-state index contributed by atoms with van der Waals surface area (Å²) in [6.45, 7) is 0.